The normalized spacial score (nSPS) is 36.6. The van der Waals surface area contributed by atoms with E-state index in [0.29, 0.717) is 18.5 Å². The van der Waals surface area contributed by atoms with Crippen molar-refractivity contribution in [3.05, 3.63) is 0 Å². The number of carboxylic acid groups (broad SMARTS) is 1. The number of likely N-dealkylation sites (tertiary alicyclic amines) is 1. The summed E-state index contributed by atoms with van der Waals surface area (Å²) in [5.41, 5.74) is -0.400. The van der Waals surface area contributed by atoms with Crippen molar-refractivity contribution < 1.29 is 14.7 Å². The first-order chi connectivity index (χ1) is 8.67. The molecule has 0 aromatic rings. The molecule has 2 aliphatic rings. The molecule has 0 spiro atoms. The van der Waals surface area contributed by atoms with Crippen LogP contribution in [0.4, 0.5) is 0 Å². The molecular weight excluding hydrogens is 244 g/mol. The predicted molar refractivity (Wildman–Crippen MR) is 71.6 cm³/mol. The molecule has 0 bridgehead atoms. The van der Waals surface area contributed by atoms with Crippen molar-refractivity contribution >= 4 is 11.9 Å². The summed E-state index contributed by atoms with van der Waals surface area (Å²) in [5, 5.41) is 9.16. The van der Waals surface area contributed by atoms with Gasteiger partial charge in [0.25, 0.3) is 0 Å². The van der Waals surface area contributed by atoms with Crippen LogP contribution in [0, 0.1) is 23.2 Å². The molecule has 1 saturated carbocycles. The second-order valence-electron chi connectivity index (χ2n) is 6.87. The number of carbonyl (C=O) groups excluding carboxylic acids is 1. The monoisotopic (exact) mass is 268 g/mol. The molecule has 4 unspecified atom stereocenters. The maximum Gasteiger partial charge on any atom is 0.307 e. The molecule has 2 fully saturated rings. The number of aliphatic carboxylic acids is 1. The zero-order valence-electron chi connectivity index (χ0n) is 12.4. The molecule has 1 N–H and O–H groups in total. The number of likely N-dealkylation sites (N-methyl/N-ethyl adjacent to an activating group) is 1. The van der Waals surface area contributed by atoms with Crippen LogP contribution in [0.5, 0.6) is 0 Å². The fraction of sp³-hybridized carbons (Fsp3) is 0.857. The number of amides is 1. The Hall–Kier alpha value is -1.10. The molecule has 0 aromatic carbocycles. The summed E-state index contributed by atoms with van der Waals surface area (Å²) < 4.78 is 0. The van der Waals surface area contributed by atoms with Gasteiger partial charge in [-0.2, -0.15) is 0 Å². The van der Waals surface area contributed by atoms with E-state index in [9.17, 15) is 9.59 Å². The lowest BCUT2D eigenvalue weighted by atomic mass is 10.1. The van der Waals surface area contributed by atoms with Gasteiger partial charge in [-0.1, -0.05) is 20.8 Å². The van der Waals surface area contributed by atoms with Crippen LogP contribution in [0.25, 0.3) is 0 Å². The SMILES string of the molecule is CC1CN(C(=O)C2C(C(=O)O)C2(C)C)CC1N(C)C. The van der Waals surface area contributed by atoms with E-state index < -0.39 is 17.3 Å². The number of carbonyl (C=O) groups is 2. The molecule has 0 aromatic heterocycles. The van der Waals surface area contributed by atoms with E-state index >= 15 is 0 Å². The smallest absolute Gasteiger partial charge is 0.307 e. The molecule has 5 heteroatoms. The van der Waals surface area contributed by atoms with Crippen molar-refractivity contribution in [2.45, 2.75) is 26.8 Å². The summed E-state index contributed by atoms with van der Waals surface area (Å²) in [7, 11) is 4.05. The number of carboxylic acids is 1. The zero-order valence-corrected chi connectivity index (χ0v) is 12.4. The Bertz CT molecular complexity index is 405. The summed E-state index contributed by atoms with van der Waals surface area (Å²) in [5.74, 6) is -1.26. The van der Waals surface area contributed by atoms with Gasteiger partial charge in [-0.15, -0.1) is 0 Å². The minimum Gasteiger partial charge on any atom is -0.481 e. The van der Waals surface area contributed by atoms with Crippen LogP contribution >= 0.6 is 0 Å². The van der Waals surface area contributed by atoms with Gasteiger partial charge in [0.1, 0.15) is 0 Å². The van der Waals surface area contributed by atoms with Crippen LogP contribution in [0.15, 0.2) is 0 Å². The third kappa shape index (κ3) is 2.24. The lowest BCUT2D eigenvalue weighted by molar-refractivity contribution is -0.141. The van der Waals surface area contributed by atoms with Crippen molar-refractivity contribution in [1.82, 2.24) is 9.80 Å². The van der Waals surface area contributed by atoms with Crippen LogP contribution < -0.4 is 0 Å². The summed E-state index contributed by atoms with van der Waals surface area (Å²) >= 11 is 0. The van der Waals surface area contributed by atoms with Crippen molar-refractivity contribution in [2.24, 2.45) is 23.2 Å². The Balaban J connectivity index is 2.05. The third-order valence-corrected chi connectivity index (χ3v) is 4.91. The third-order valence-electron chi connectivity index (χ3n) is 4.91. The number of hydrogen-bond donors (Lipinski definition) is 1. The molecular formula is C14H24N2O3. The van der Waals surface area contributed by atoms with Crippen molar-refractivity contribution in [3.8, 4) is 0 Å². The van der Waals surface area contributed by atoms with E-state index in [1.165, 1.54) is 0 Å². The first kappa shape index (κ1) is 14.3. The summed E-state index contributed by atoms with van der Waals surface area (Å²) in [4.78, 5) is 27.7. The largest absolute Gasteiger partial charge is 0.481 e. The average molecular weight is 268 g/mol. The molecule has 2 rings (SSSR count). The van der Waals surface area contributed by atoms with Gasteiger partial charge in [0.05, 0.1) is 11.8 Å². The van der Waals surface area contributed by atoms with Crippen LogP contribution in [-0.2, 0) is 9.59 Å². The Kier molecular flexibility index (Phi) is 3.37. The molecule has 1 heterocycles. The second kappa shape index (κ2) is 4.47. The Morgan fingerprint density at radius 3 is 2.16 bits per heavy atom. The van der Waals surface area contributed by atoms with Crippen LogP contribution in [0.3, 0.4) is 0 Å². The molecule has 108 valence electrons. The highest BCUT2D eigenvalue weighted by molar-refractivity contribution is 5.91. The first-order valence-corrected chi connectivity index (χ1v) is 6.86. The standard InChI is InChI=1S/C14H24N2O3/c1-8-6-16(7-9(8)15(4)5)12(17)10-11(13(18)19)14(10,2)3/h8-11H,6-7H2,1-5H3,(H,18,19). The zero-order chi connectivity index (χ0) is 14.5. The molecule has 4 atom stereocenters. The minimum atomic E-state index is -0.847. The number of hydrogen-bond acceptors (Lipinski definition) is 3. The fourth-order valence-electron chi connectivity index (χ4n) is 3.56. The van der Waals surface area contributed by atoms with Gasteiger partial charge in [-0.25, -0.2) is 0 Å². The van der Waals surface area contributed by atoms with Gasteiger partial charge < -0.3 is 14.9 Å². The highest BCUT2D eigenvalue weighted by atomic mass is 16.4. The maximum atomic E-state index is 12.5. The first-order valence-electron chi connectivity index (χ1n) is 6.86. The summed E-state index contributed by atoms with van der Waals surface area (Å²) in [6, 6.07) is 0.370. The lowest BCUT2D eigenvalue weighted by Crippen LogP contribution is -2.36. The van der Waals surface area contributed by atoms with Crippen molar-refractivity contribution in [2.75, 3.05) is 27.2 Å². The number of rotatable bonds is 3. The average Bonchev–Trinajstić information content (AvgIpc) is 2.65. The molecule has 5 nitrogen and oxygen atoms in total. The second-order valence-corrected chi connectivity index (χ2v) is 6.87. The molecule has 1 aliphatic carbocycles. The summed E-state index contributed by atoms with van der Waals surface area (Å²) in [6.45, 7) is 7.34. The van der Waals surface area contributed by atoms with Crippen LogP contribution in [-0.4, -0.2) is 60.0 Å². The summed E-state index contributed by atoms with van der Waals surface area (Å²) in [6.07, 6.45) is 0. The van der Waals surface area contributed by atoms with E-state index in [-0.39, 0.29) is 11.8 Å². The Labute approximate surface area is 114 Å². The van der Waals surface area contributed by atoms with E-state index in [1.54, 1.807) is 0 Å². The van der Waals surface area contributed by atoms with E-state index in [0.717, 1.165) is 6.54 Å². The molecule has 19 heavy (non-hydrogen) atoms. The van der Waals surface area contributed by atoms with Gasteiger partial charge in [0.15, 0.2) is 0 Å². The molecule has 0 radical (unpaired) electrons. The highest BCUT2D eigenvalue weighted by Crippen LogP contribution is 2.59. The number of nitrogens with zero attached hydrogens (tertiary/aromatic N) is 2. The minimum absolute atomic E-state index is 0.0219. The quantitative estimate of drug-likeness (QED) is 0.820. The Morgan fingerprint density at radius 1 is 1.21 bits per heavy atom. The molecule has 1 amide bonds. The van der Waals surface area contributed by atoms with Crippen molar-refractivity contribution in [1.29, 1.82) is 0 Å². The fourth-order valence-corrected chi connectivity index (χ4v) is 3.56. The van der Waals surface area contributed by atoms with E-state index in [2.05, 4.69) is 11.8 Å². The van der Waals surface area contributed by atoms with E-state index in [1.807, 2.05) is 32.8 Å². The lowest BCUT2D eigenvalue weighted by Gasteiger charge is -2.22. The van der Waals surface area contributed by atoms with E-state index in [4.69, 9.17) is 5.11 Å². The van der Waals surface area contributed by atoms with Crippen LogP contribution in [0.2, 0.25) is 0 Å². The van der Waals surface area contributed by atoms with Gasteiger partial charge in [-0.3, -0.25) is 9.59 Å². The van der Waals surface area contributed by atoms with Gasteiger partial charge in [0.2, 0.25) is 5.91 Å². The maximum absolute atomic E-state index is 12.5. The van der Waals surface area contributed by atoms with Gasteiger partial charge in [0, 0.05) is 19.1 Å². The Morgan fingerprint density at radius 2 is 1.79 bits per heavy atom. The predicted octanol–water partition coefficient (Wildman–Crippen LogP) is 0.752. The van der Waals surface area contributed by atoms with Gasteiger partial charge >= 0.3 is 5.97 Å². The van der Waals surface area contributed by atoms with Crippen LogP contribution in [0.1, 0.15) is 20.8 Å². The highest BCUT2D eigenvalue weighted by Gasteiger charge is 2.66. The van der Waals surface area contributed by atoms with Crippen molar-refractivity contribution in [3.63, 3.8) is 0 Å². The van der Waals surface area contributed by atoms with Gasteiger partial charge in [-0.05, 0) is 25.4 Å². The topological polar surface area (TPSA) is 60.9 Å². The molecule has 1 aliphatic heterocycles. The molecule has 1 saturated heterocycles.